The Kier molecular flexibility index (Phi) is 8.03. The number of amides is 2. The molecule has 0 atom stereocenters. The largest absolute Gasteiger partial charge is 0.444 e. The predicted molar refractivity (Wildman–Crippen MR) is 135 cm³/mol. The second kappa shape index (κ2) is 11.1. The van der Waals surface area contributed by atoms with E-state index in [1.807, 2.05) is 69.3 Å². The van der Waals surface area contributed by atoms with Crippen LogP contribution in [0, 0.1) is 0 Å². The second-order valence-corrected chi connectivity index (χ2v) is 8.79. The van der Waals surface area contributed by atoms with Gasteiger partial charge in [-0.3, -0.25) is 9.78 Å². The fourth-order valence-electron chi connectivity index (χ4n) is 3.11. The highest BCUT2D eigenvalue weighted by atomic mass is 16.6. The molecule has 0 spiro atoms. The van der Waals surface area contributed by atoms with Crippen LogP contribution in [-0.4, -0.2) is 34.0 Å². The maximum Gasteiger partial charge on any atom is 0.410 e. The molecule has 2 amide bonds. The highest BCUT2D eigenvalue weighted by Gasteiger charge is 2.21. The maximum atomic E-state index is 12.7. The lowest BCUT2D eigenvalue weighted by molar-refractivity contribution is 0.0256. The number of benzene rings is 2. The molecule has 2 aromatic carbocycles. The number of aromatic nitrogens is 1. The van der Waals surface area contributed by atoms with Crippen molar-refractivity contribution < 1.29 is 14.3 Å². The molecular weight excluding hydrogens is 428 g/mol. The van der Waals surface area contributed by atoms with Crippen molar-refractivity contribution in [2.75, 3.05) is 17.6 Å². The Morgan fingerprint density at radius 2 is 1.79 bits per heavy atom. The molecule has 0 fully saturated rings. The number of hydrogen-bond acceptors (Lipinski definition) is 5. The monoisotopic (exact) mass is 458 g/mol. The minimum Gasteiger partial charge on any atom is -0.444 e. The van der Waals surface area contributed by atoms with Crippen LogP contribution in [0.15, 0.2) is 79.1 Å². The minimum absolute atomic E-state index is 0.235. The van der Waals surface area contributed by atoms with E-state index < -0.39 is 11.7 Å². The molecule has 0 aliphatic carbocycles. The fourth-order valence-corrected chi connectivity index (χ4v) is 3.11. The Morgan fingerprint density at radius 1 is 1.06 bits per heavy atom. The highest BCUT2D eigenvalue weighted by molar-refractivity contribution is 6.05. The third-order valence-corrected chi connectivity index (χ3v) is 4.77. The Bertz CT molecular complexity index is 1140. The van der Waals surface area contributed by atoms with Gasteiger partial charge in [0.1, 0.15) is 5.60 Å². The summed E-state index contributed by atoms with van der Waals surface area (Å²) < 4.78 is 5.55. The van der Waals surface area contributed by atoms with Crippen molar-refractivity contribution >= 4 is 29.5 Å². The number of pyridine rings is 1. The molecule has 34 heavy (non-hydrogen) atoms. The molecule has 1 aromatic heterocycles. The van der Waals surface area contributed by atoms with Gasteiger partial charge in [0.05, 0.1) is 17.9 Å². The second-order valence-electron chi connectivity index (χ2n) is 8.79. The van der Waals surface area contributed by atoms with Crippen LogP contribution in [-0.2, 0) is 11.3 Å². The number of rotatable bonds is 7. The zero-order valence-corrected chi connectivity index (χ0v) is 19.7. The van der Waals surface area contributed by atoms with Crippen LogP contribution in [0.4, 0.5) is 16.2 Å². The molecule has 0 radical (unpaired) electrons. The van der Waals surface area contributed by atoms with Crippen molar-refractivity contribution in [3.63, 3.8) is 0 Å². The number of nitrogens with two attached hydrogens (primary N) is 1. The summed E-state index contributed by atoms with van der Waals surface area (Å²) in [6.45, 7) is 6.26. The SMILES string of the molecule is CC(C)(C)OC(=O)N(CC=Cc1ccc(C(=O)Nc2ccccc2N)cc1)Cc1cccnc1. The topological polar surface area (TPSA) is 97.5 Å². The summed E-state index contributed by atoms with van der Waals surface area (Å²) in [5.41, 5.74) is 8.73. The summed E-state index contributed by atoms with van der Waals surface area (Å²) in [6, 6.07) is 18.1. The first-order valence-electron chi connectivity index (χ1n) is 11.0. The quantitative estimate of drug-likeness (QED) is 0.464. The van der Waals surface area contributed by atoms with Gasteiger partial charge in [-0.2, -0.15) is 0 Å². The van der Waals surface area contributed by atoms with E-state index in [1.54, 1.807) is 41.6 Å². The van der Waals surface area contributed by atoms with Crippen molar-refractivity contribution in [2.24, 2.45) is 0 Å². The third kappa shape index (κ3) is 7.48. The van der Waals surface area contributed by atoms with Gasteiger partial charge in [0, 0.05) is 24.5 Å². The molecule has 0 unspecified atom stereocenters. The molecule has 176 valence electrons. The van der Waals surface area contributed by atoms with Crippen LogP contribution in [0.25, 0.3) is 6.08 Å². The van der Waals surface area contributed by atoms with Crippen LogP contribution in [0.2, 0.25) is 0 Å². The van der Waals surface area contributed by atoms with E-state index >= 15 is 0 Å². The van der Waals surface area contributed by atoms with E-state index in [1.165, 1.54) is 0 Å². The molecule has 1 heterocycles. The Labute approximate surface area is 200 Å². The van der Waals surface area contributed by atoms with Crippen LogP contribution in [0.5, 0.6) is 0 Å². The van der Waals surface area contributed by atoms with Gasteiger partial charge in [0.15, 0.2) is 0 Å². The van der Waals surface area contributed by atoms with E-state index in [-0.39, 0.29) is 5.91 Å². The molecule has 0 bridgehead atoms. The Hall–Kier alpha value is -4.13. The van der Waals surface area contributed by atoms with Gasteiger partial charge in [0.25, 0.3) is 5.91 Å². The van der Waals surface area contributed by atoms with Crippen LogP contribution < -0.4 is 11.1 Å². The number of carbonyl (C=O) groups is 2. The third-order valence-electron chi connectivity index (χ3n) is 4.77. The average molecular weight is 459 g/mol. The first kappa shape index (κ1) is 24.5. The molecule has 3 N–H and O–H groups in total. The predicted octanol–water partition coefficient (Wildman–Crippen LogP) is 5.37. The number of hydrogen-bond donors (Lipinski definition) is 2. The summed E-state index contributed by atoms with van der Waals surface area (Å²) in [5.74, 6) is -0.235. The van der Waals surface area contributed by atoms with E-state index in [9.17, 15) is 9.59 Å². The van der Waals surface area contributed by atoms with E-state index in [4.69, 9.17) is 10.5 Å². The number of nitrogen functional groups attached to an aromatic ring is 1. The van der Waals surface area contributed by atoms with E-state index in [0.717, 1.165) is 11.1 Å². The molecule has 3 aromatic rings. The van der Waals surface area contributed by atoms with Crippen LogP contribution in [0.3, 0.4) is 0 Å². The number of ether oxygens (including phenoxy) is 1. The number of anilines is 2. The number of nitrogens with zero attached hydrogens (tertiary/aromatic N) is 2. The van der Waals surface area contributed by atoms with Crippen molar-refractivity contribution in [1.82, 2.24) is 9.88 Å². The average Bonchev–Trinajstić information content (AvgIpc) is 2.80. The lowest BCUT2D eigenvalue weighted by Crippen LogP contribution is -2.36. The maximum absolute atomic E-state index is 12.7. The van der Waals surface area contributed by atoms with Gasteiger partial charge in [-0.1, -0.05) is 42.5 Å². The zero-order chi connectivity index (χ0) is 24.6. The summed E-state index contributed by atoms with van der Waals surface area (Å²) in [5, 5.41) is 2.81. The fraction of sp³-hybridized carbons (Fsp3) is 0.222. The molecule has 0 saturated heterocycles. The van der Waals surface area contributed by atoms with Crippen molar-refractivity contribution in [3.8, 4) is 0 Å². The Morgan fingerprint density at radius 3 is 2.44 bits per heavy atom. The first-order chi connectivity index (χ1) is 16.2. The number of carbonyl (C=O) groups excluding carboxylic acids is 2. The van der Waals surface area contributed by atoms with Crippen LogP contribution >= 0.6 is 0 Å². The van der Waals surface area contributed by atoms with Crippen molar-refractivity contribution in [1.29, 1.82) is 0 Å². The van der Waals surface area contributed by atoms with Gasteiger partial charge in [-0.25, -0.2) is 4.79 Å². The Balaban J connectivity index is 1.64. The molecular formula is C27H30N4O3. The summed E-state index contributed by atoms with van der Waals surface area (Å²) >= 11 is 0. The van der Waals surface area contributed by atoms with Crippen molar-refractivity contribution in [3.05, 3.63) is 95.8 Å². The van der Waals surface area contributed by atoms with E-state index in [2.05, 4.69) is 10.3 Å². The lowest BCUT2D eigenvalue weighted by Gasteiger charge is -2.26. The standard InChI is InChI=1S/C27H30N4O3/c1-27(2,3)34-26(33)31(19-21-8-6-16-29-18-21)17-7-9-20-12-14-22(15-13-20)25(32)30-24-11-5-4-10-23(24)28/h4-16,18H,17,19,28H2,1-3H3,(H,30,32). The van der Waals surface area contributed by atoms with Gasteiger partial charge in [-0.05, 0) is 62.2 Å². The number of nitrogens with one attached hydrogen (secondary N) is 1. The van der Waals surface area contributed by atoms with Gasteiger partial charge in [-0.15, -0.1) is 0 Å². The highest BCUT2D eigenvalue weighted by Crippen LogP contribution is 2.18. The molecule has 7 nitrogen and oxygen atoms in total. The van der Waals surface area contributed by atoms with Gasteiger partial charge >= 0.3 is 6.09 Å². The normalized spacial score (nSPS) is 11.3. The zero-order valence-electron chi connectivity index (χ0n) is 19.7. The molecule has 3 rings (SSSR count). The van der Waals surface area contributed by atoms with Crippen molar-refractivity contribution in [2.45, 2.75) is 32.9 Å². The lowest BCUT2D eigenvalue weighted by atomic mass is 10.1. The first-order valence-corrected chi connectivity index (χ1v) is 11.0. The van der Waals surface area contributed by atoms with Crippen LogP contribution in [0.1, 0.15) is 42.3 Å². The molecule has 0 aliphatic heterocycles. The summed E-state index contributed by atoms with van der Waals surface area (Å²) in [7, 11) is 0. The molecule has 0 aliphatic rings. The summed E-state index contributed by atoms with van der Waals surface area (Å²) in [4.78, 5) is 30.9. The number of para-hydroxylation sites is 2. The van der Waals surface area contributed by atoms with Gasteiger partial charge in [0.2, 0.25) is 0 Å². The minimum atomic E-state index is -0.588. The summed E-state index contributed by atoms with van der Waals surface area (Å²) in [6.07, 6.45) is 6.82. The molecule has 7 heteroatoms. The molecule has 0 saturated carbocycles. The van der Waals surface area contributed by atoms with E-state index in [0.29, 0.717) is 30.0 Å². The van der Waals surface area contributed by atoms with Gasteiger partial charge < -0.3 is 20.7 Å². The smallest absolute Gasteiger partial charge is 0.410 e.